The normalized spacial score (nSPS) is 14.8. The van der Waals surface area contributed by atoms with Gasteiger partial charge in [-0.15, -0.1) is 0 Å². The number of carbonyl (C=O) groups is 1. The van der Waals surface area contributed by atoms with E-state index in [1.807, 2.05) is 0 Å². The zero-order valence-corrected chi connectivity index (χ0v) is 13.0. The van der Waals surface area contributed by atoms with Gasteiger partial charge in [-0.3, -0.25) is 4.79 Å². The molecule has 8 heteroatoms. The first-order valence-electron chi connectivity index (χ1n) is 7.08. The fraction of sp³-hybridized carbons (Fsp3) is 0.692. The molecular formula is C13H22N4O3S. The summed E-state index contributed by atoms with van der Waals surface area (Å²) in [6, 6.07) is 0.219. The van der Waals surface area contributed by atoms with E-state index in [1.165, 1.54) is 11.3 Å². The third kappa shape index (κ3) is 3.84. The van der Waals surface area contributed by atoms with Crippen LogP contribution < -0.4 is 11.1 Å². The Hall–Kier alpha value is -1.38. The van der Waals surface area contributed by atoms with Crippen molar-refractivity contribution >= 4 is 28.2 Å². The number of nitrogens with zero attached hydrogens (tertiary/aromatic N) is 2. The monoisotopic (exact) mass is 314 g/mol. The summed E-state index contributed by atoms with van der Waals surface area (Å²) in [7, 11) is 1.62. The van der Waals surface area contributed by atoms with Gasteiger partial charge in [-0.2, -0.15) is 0 Å². The molecule has 7 nitrogen and oxygen atoms in total. The number of aromatic nitrogens is 1. The fourth-order valence-corrected chi connectivity index (χ4v) is 3.07. The number of amides is 1. The highest BCUT2D eigenvalue weighted by Crippen LogP contribution is 2.30. The number of hydrogen-bond donors (Lipinski definition) is 3. The lowest BCUT2D eigenvalue weighted by Crippen LogP contribution is -2.45. The van der Waals surface area contributed by atoms with Crippen LogP contribution in [0, 0.1) is 0 Å². The van der Waals surface area contributed by atoms with Gasteiger partial charge in [0.2, 0.25) is 0 Å². The Bertz CT molecular complexity index is 476. The number of nitrogens with two attached hydrogens (primary N) is 1. The van der Waals surface area contributed by atoms with Crippen LogP contribution in [0.15, 0.2) is 0 Å². The van der Waals surface area contributed by atoms with Crippen LogP contribution in [0.1, 0.15) is 28.9 Å². The number of nitrogen functional groups attached to an aromatic ring is 1. The minimum Gasteiger partial charge on any atom is -0.395 e. The summed E-state index contributed by atoms with van der Waals surface area (Å²) in [5.74, 6) is 0.107. The average molecular weight is 314 g/mol. The lowest BCUT2D eigenvalue weighted by atomic mass is 9.91. The Morgan fingerprint density at radius 3 is 2.95 bits per heavy atom. The Balaban J connectivity index is 2.06. The van der Waals surface area contributed by atoms with Crippen molar-refractivity contribution in [2.45, 2.75) is 25.3 Å². The van der Waals surface area contributed by atoms with Gasteiger partial charge in [0.15, 0.2) is 5.13 Å². The lowest BCUT2D eigenvalue weighted by molar-refractivity contribution is 0.0531. The molecule has 4 N–H and O–H groups in total. The highest BCUT2D eigenvalue weighted by atomic mass is 32.1. The van der Waals surface area contributed by atoms with Crippen LogP contribution >= 0.6 is 11.3 Å². The van der Waals surface area contributed by atoms with Crippen molar-refractivity contribution in [3.8, 4) is 0 Å². The van der Waals surface area contributed by atoms with Gasteiger partial charge >= 0.3 is 0 Å². The summed E-state index contributed by atoms with van der Waals surface area (Å²) in [5.41, 5.74) is 5.86. The molecule has 1 aliphatic carbocycles. The van der Waals surface area contributed by atoms with E-state index >= 15 is 0 Å². The quantitative estimate of drug-likeness (QED) is 0.613. The summed E-state index contributed by atoms with van der Waals surface area (Å²) in [6.07, 6.45) is 3.11. The molecule has 0 saturated heterocycles. The summed E-state index contributed by atoms with van der Waals surface area (Å²) < 4.78 is 4.95. The maximum atomic E-state index is 12.6. The largest absolute Gasteiger partial charge is 0.395 e. The van der Waals surface area contributed by atoms with E-state index in [4.69, 9.17) is 15.6 Å². The van der Waals surface area contributed by atoms with Gasteiger partial charge in [-0.25, -0.2) is 4.98 Å². The summed E-state index contributed by atoms with van der Waals surface area (Å²) in [5, 5.41) is 12.8. The smallest absolute Gasteiger partial charge is 0.268 e. The molecular weight excluding hydrogens is 292 g/mol. The lowest BCUT2D eigenvalue weighted by Gasteiger charge is -2.37. The number of nitrogens with one attached hydrogen (secondary N) is 1. The van der Waals surface area contributed by atoms with Gasteiger partial charge in [-0.1, -0.05) is 11.3 Å². The molecule has 2 rings (SSSR count). The zero-order valence-electron chi connectivity index (χ0n) is 12.2. The highest BCUT2D eigenvalue weighted by Gasteiger charge is 2.31. The van der Waals surface area contributed by atoms with Gasteiger partial charge in [-0.05, 0) is 19.3 Å². The number of anilines is 2. The van der Waals surface area contributed by atoms with Crippen LogP contribution in [0.5, 0.6) is 0 Å². The van der Waals surface area contributed by atoms with Crippen molar-refractivity contribution < 1.29 is 14.6 Å². The second-order valence-corrected chi connectivity index (χ2v) is 5.96. The van der Waals surface area contributed by atoms with Crippen LogP contribution in [0.3, 0.4) is 0 Å². The first-order chi connectivity index (χ1) is 10.2. The molecule has 0 aromatic carbocycles. The molecule has 0 radical (unpaired) electrons. The standard InChI is InChI=1S/C13H22N4O3S/c1-20-8-5-15-13-16-11(14)10(21-13)12(19)17(6-7-18)9-3-2-4-9/h9,18H,2-8,14H2,1H3,(H,15,16). The van der Waals surface area contributed by atoms with Crippen molar-refractivity contribution in [2.24, 2.45) is 0 Å². The number of hydrogen-bond acceptors (Lipinski definition) is 7. The van der Waals surface area contributed by atoms with Gasteiger partial charge in [0.25, 0.3) is 5.91 Å². The second kappa shape index (κ2) is 7.58. The molecule has 1 amide bonds. The van der Waals surface area contributed by atoms with Gasteiger partial charge < -0.3 is 25.8 Å². The van der Waals surface area contributed by atoms with Crippen LogP contribution in [-0.2, 0) is 4.74 Å². The summed E-state index contributed by atoms with van der Waals surface area (Å²) in [6.45, 7) is 1.47. The maximum Gasteiger partial charge on any atom is 0.268 e. The highest BCUT2D eigenvalue weighted by molar-refractivity contribution is 7.18. The molecule has 118 valence electrons. The van der Waals surface area contributed by atoms with Crippen LogP contribution in [-0.4, -0.2) is 60.4 Å². The van der Waals surface area contributed by atoms with Crippen LogP contribution in [0.4, 0.5) is 10.9 Å². The number of rotatable bonds is 8. The van der Waals surface area contributed by atoms with Crippen LogP contribution in [0.25, 0.3) is 0 Å². The fourth-order valence-electron chi connectivity index (χ4n) is 2.21. The molecule has 0 bridgehead atoms. The van der Waals surface area contributed by atoms with Gasteiger partial charge in [0, 0.05) is 26.2 Å². The van der Waals surface area contributed by atoms with E-state index in [-0.39, 0.29) is 24.4 Å². The molecule has 1 aromatic rings. The predicted molar refractivity (Wildman–Crippen MR) is 82.7 cm³/mol. The van der Waals surface area contributed by atoms with E-state index in [0.717, 1.165) is 19.3 Å². The third-order valence-electron chi connectivity index (χ3n) is 3.55. The van der Waals surface area contributed by atoms with E-state index in [1.54, 1.807) is 12.0 Å². The molecule has 1 saturated carbocycles. The number of carbonyl (C=O) groups excluding carboxylic acids is 1. The van der Waals surface area contributed by atoms with E-state index in [2.05, 4.69) is 10.3 Å². The molecule has 21 heavy (non-hydrogen) atoms. The number of methoxy groups -OCH3 is 1. The van der Waals surface area contributed by atoms with Crippen molar-refractivity contribution in [3.63, 3.8) is 0 Å². The Kier molecular flexibility index (Phi) is 5.77. The number of aliphatic hydroxyl groups is 1. The Morgan fingerprint density at radius 2 is 2.38 bits per heavy atom. The van der Waals surface area contributed by atoms with E-state index in [9.17, 15) is 4.79 Å². The topological polar surface area (TPSA) is 101 Å². The molecule has 1 aromatic heterocycles. The molecule has 0 atom stereocenters. The van der Waals surface area contributed by atoms with Crippen molar-refractivity contribution in [3.05, 3.63) is 4.88 Å². The first-order valence-corrected chi connectivity index (χ1v) is 7.90. The van der Waals surface area contributed by atoms with Crippen molar-refractivity contribution in [1.29, 1.82) is 0 Å². The SMILES string of the molecule is COCCNc1nc(N)c(C(=O)N(CCO)C2CCC2)s1. The summed E-state index contributed by atoms with van der Waals surface area (Å²) in [4.78, 5) is 18.9. The van der Waals surface area contributed by atoms with E-state index in [0.29, 0.717) is 29.7 Å². The molecule has 1 heterocycles. The average Bonchev–Trinajstić information content (AvgIpc) is 2.77. The molecule has 1 aliphatic rings. The Morgan fingerprint density at radius 1 is 1.62 bits per heavy atom. The van der Waals surface area contributed by atoms with Crippen LogP contribution in [0.2, 0.25) is 0 Å². The molecule has 0 aliphatic heterocycles. The summed E-state index contributed by atoms with van der Waals surface area (Å²) >= 11 is 1.25. The number of ether oxygens (including phenoxy) is 1. The molecule has 1 fully saturated rings. The zero-order chi connectivity index (χ0) is 15.2. The third-order valence-corrected chi connectivity index (χ3v) is 4.56. The molecule has 0 unspecified atom stereocenters. The second-order valence-electron chi connectivity index (χ2n) is 4.96. The minimum absolute atomic E-state index is 0.0418. The first kappa shape index (κ1) is 16.0. The van der Waals surface area contributed by atoms with Crippen molar-refractivity contribution in [2.75, 3.05) is 44.5 Å². The predicted octanol–water partition coefficient (Wildman–Crippen LogP) is 0.771. The number of aliphatic hydroxyl groups excluding tert-OH is 1. The minimum atomic E-state index is -0.136. The van der Waals surface area contributed by atoms with E-state index < -0.39 is 0 Å². The van der Waals surface area contributed by atoms with Gasteiger partial charge in [0.05, 0.1) is 13.2 Å². The molecule has 0 spiro atoms. The van der Waals surface area contributed by atoms with Gasteiger partial charge in [0.1, 0.15) is 10.7 Å². The Labute approximate surface area is 128 Å². The maximum absolute atomic E-state index is 12.6. The van der Waals surface area contributed by atoms with Crippen molar-refractivity contribution in [1.82, 2.24) is 9.88 Å². The number of thiazole rings is 1.